The van der Waals surface area contributed by atoms with E-state index in [4.69, 9.17) is 4.74 Å². The number of benzene rings is 1. The van der Waals surface area contributed by atoms with Crippen molar-refractivity contribution in [1.82, 2.24) is 5.32 Å². The van der Waals surface area contributed by atoms with Gasteiger partial charge in [-0.25, -0.2) is 0 Å². The minimum Gasteiger partial charge on any atom is -0.466 e. The molecule has 1 amide bonds. The number of hydrogen-bond donors (Lipinski definition) is 1. The summed E-state index contributed by atoms with van der Waals surface area (Å²) in [6.07, 6.45) is -0.224. The van der Waals surface area contributed by atoms with Gasteiger partial charge in [-0.3, -0.25) is 9.59 Å². The normalized spacial score (nSPS) is 9.94. The third-order valence-electron chi connectivity index (χ3n) is 2.59. The molecule has 4 nitrogen and oxygen atoms in total. The Morgan fingerprint density at radius 1 is 1.28 bits per heavy atom. The van der Waals surface area contributed by atoms with E-state index in [1.54, 1.807) is 6.92 Å². The monoisotopic (exact) mass is 249 g/mol. The van der Waals surface area contributed by atoms with Crippen LogP contribution in [0.25, 0.3) is 0 Å². The van der Waals surface area contributed by atoms with Crippen LogP contribution in [0.4, 0.5) is 0 Å². The van der Waals surface area contributed by atoms with Crippen LogP contribution in [-0.2, 0) is 20.9 Å². The van der Waals surface area contributed by atoms with Crippen molar-refractivity contribution in [3.05, 3.63) is 34.9 Å². The molecule has 0 aromatic heterocycles. The van der Waals surface area contributed by atoms with Crippen LogP contribution in [0.1, 0.15) is 30.0 Å². The molecule has 0 aliphatic rings. The van der Waals surface area contributed by atoms with Crippen LogP contribution >= 0.6 is 0 Å². The second-order valence-corrected chi connectivity index (χ2v) is 4.19. The topological polar surface area (TPSA) is 55.4 Å². The summed E-state index contributed by atoms with van der Waals surface area (Å²) in [4.78, 5) is 22.6. The number of esters is 1. The first-order chi connectivity index (χ1) is 8.52. The van der Waals surface area contributed by atoms with Crippen molar-refractivity contribution in [3.8, 4) is 0 Å². The van der Waals surface area contributed by atoms with Gasteiger partial charge in [0, 0.05) is 6.54 Å². The van der Waals surface area contributed by atoms with Crippen molar-refractivity contribution in [1.29, 1.82) is 0 Å². The maximum absolute atomic E-state index is 11.5. The SMILES string of the molecule is CCOC(=O)CC(=O)NCc1cc(C)ccc1C. The average Bonchev–Trinajstić information content (AvgIpc) is 2.30. The van der Waals surface area contributed by atoms with Gasteiger partial charge in [0.25, 0.3) is 0 Å². The van der Waals surface area contributed by atoms with E-state index in [-0.39, 0.29) is 12.3 Å². The molecule has 0 aliphatic heterocycles. The fourth-order valence-electron chi connectivity index (χ4n) is 1.59. The van der Waals surface area contributed by atoms with Crippen LogP contribution in [0.2, 0.25) is 0 Å². The van der Waals surface area contributed by atoms with Crippen LogP contribution in [0.15, 0.2) is 18.2 Å². The van der Waals surface area contributed by atoms with E-state index in [1.165, 1.54) is 0 Å². The third kappa shape index (κ3) is 4.57. The number of carbonyl (C=O) groups excluding carboxylic acids is 2. The van der Waals surface area contributed by atoms with Gasteiger partial charge in [0.2, 0.25) is 5.91 Å². The number of amides is 1. The zero-order valence-electron chi connectivity index (χ0n) is 11.1. The average molecular weight is 249 g/mol. The lowest BCUT2D eigenvalue weighted by atomic mass is 10.1. The summed E-state index contributed by atoms with van der Waals surface area (Å²) in [6.45, 7) is 6.44. The summed E-state index contributed by atoms with van der Waals surface area (Å²) in [7, 11) is 0. The van der Waals surface area contributed by atoms with Crippen LogP contribution in [0, 0.1) is 13.8 Å². The first-order valence-electron chi connectivity index (χ1n) is 6.01. The van der Waals surface area contributed by atoms with Gasteiger partial charge in [-0.1, -0.05) is 23.8 Å². The summed E-state index contributed by atoms with van der Waals surface area (Å²) in [6, 6.07) is 6.07. The number of nitrogens with one attached hydrogen (secondary N) is 1. The van der Waals surface area contributed by atoms with Crippen molar-refractivity contribution < 1.29 is 14.3 Å². The standard InChI is InChI=1S/C14H19NO3/c1-4-18-14(17)8-13(16)15-9-12-7-10(2)5-6-11(12)3/h5-7H,4,8-9H2,1-3H3,(H,15,16). The molecule has 0 aliphatic carbocycles. The fraction of sp³-hybridized carbons (Fsp3) is 0.429. The highest BCUT2D eigenvalue weighted by atomic mass is 16.5. The van der Waals surface area contributed by atoms with Gasteiger partial charge in [-0.15, -0.1) is 0 Å². The Morgan fingerprint density at radius 2 is 2.00 bits per heavy atom. The van der Waals surface area contributed by atoms with Crippen LogP contribution in [-0.4, -0.2) is 18.5 Å². The molecule has 18 heavy (non-hydrogen) atoms. The van der Waals surface area contributed by atoms with Crippen LogP contribution < -0.4 is 5.32 Å². The molecular weight excluding hydrogens is 230 g/mol. The van der Waals surface area contributed by atoms with E-state index in [0.29, 0.717) is 13.2 Å². The molecule has 0 saturated carbocycles. The quantitative estimate of drug-likeness (QED) is 0.640. The molecule has 0 fully saturated rings. The lowest BCUT2D eigenvalue weighted by molar-refractivity contribution is -0.146. The maximum atomic E-state index is 11.5. The predicted molar refractivity (Wildman–Crippen MR) is 69.0 cm³/mol. The summed E-state index contributed by atoms with van der Waals surface area (Å²) >= 11 is 0. The Hall–Kier alpha value is -1.84. The molecule has 98 valence electrons. The van der Waals surface area contributed by atoms with Gasteiger partial charge in [-0.2, -0.15) is 0 Å². The lowest BCUT2D eigenvalue weighted by Gasteiger charge is -2.08. The molecule has 1 aromatic rings. The van der Waals surface area contributed by atoms with Gasteiger partial charge >= 0.3 is 5.97 Å². The lowest BCUT2D eigenvalue weighted by Crippen LogP contribution is -2.26. The number of hydrogen-bond acceptors (Lipinski definition) is 3. The van der Waals surface area contributed by atoms with Crippen molar-refractivity contribution in [2.45, 2.75) is 33.7 Å². The molecule has 0 saturated heterocycles. The zero-order valence-corrected chi connectivity index (χ0v) is 11.1. The van der Waals surface area contributed by atoms with E-state index in [9.17, 15) is 9.59 Å². The summed E-state index contributed by atoms with van der Waals surface area (Å²) < 4.78 is 4.71. The summed E-state index contributed by atoms with van der Waals surface area (Å²) in [5.74, 6) is -0.801. The first kappa shape index (κ1) is 14.2. The van der Waals surface area contributed by atoms with Gasteiger partial charge in [-0.05, 0) is 31.9 Å². The highest BCUT2D eigenvalue weighted by Gasteiger charge is 2.10. The van der Waals surface area contributed by atoms with E-state index < -0.39 is 5.97 Å². The Kier molecular flexibility index (Phi) is 5.36. The van der Waals surface area contributed by atoms with Crippen LogP contribution in [0.3, 0.4) is 0 Å². The minimum absolute atomic E-state index is 0.224. The Bertz CT molecular complexity index is 441. The molecule has 0 bridgehead atoms. The van der Waals surface area contributed by atoms with Crippen molar-refractivity contribution >= 4 is 11.9 Å². The molecule has 0 unspecified atom stereocenters. The van der Waals surface area contributed by atoms with Crippen LogP contribution in [0.5, 0.6) is 0 Å². The fourth-order valence-corrected chi connectivity index (χ4v) is 1.59. The Labute approximate surface area is 107 Å². The second-order valence-electron chi connectivity index (χ2n) is 4.19. The maximum Gasteiger partial charge on any atom is 0.315 e. The van der Waals surface area contributed by atoms with Crippen molar-refractivity contribution in [2.75, 3.05) is 6.61 Å². The van der Waals surface area contributed by atoms with Crippen molar-refractivity contribution in [3.63, 3.8) is 0 Å². The first-order valence-corrected chi connectivity index (χ1v) is 6.01. The highest BCUT2D eigenvalue weighted by Crippen LogP contribution is 2.10. The largest absolute Gasteiger partial charge is 0.466 e. The molecule has 1 aromatic carbocycles. The molecule has 0 radical (unpaired) electrons. The highest BCUT2D eigenvalue weighted by molar-refractivity contribution is 5.94. The zero-order chi connectivity index (χ0) is 13.5. The molecule has 0 spiro atoms. The Balaban J connectivity index is 2.47. The smallest absolute Gasteiger partial charge is 0.315 e. The molecule has 0 heterocycles. The third-order valence-corrected chi connectivity index (χ3v) is 2.59. The van der Waals surface area contributed by atoms with E-state index >= 15 is 0 Å². The molecule has 1 N–H and O–H groups in total. The number of ether oxygens (including phenoxy) is 1. The van der Waals surface area contributed by atoms with E-state index in [0.717, 1.165) is 16.7 Å². The molecule has 0 atom stereocenters. The van der Waals surface area contributed by atoms with Gasteiger partial charge < -0.3 is 10.1 Å². The second kappa shape index (κ2) is 6.79. The van der Waals surface area contributed by atoms with Gasteiger partial charge in [0.05, 0.1) is 6.61 Å². The molecule has 4 heteroatoms. The summed E-state index contributed by atoms with van der Waals surface area (Å²) in [5, 5.41) is 2.72. The predicted octanol–water partition coefficient (Wildman–Crippen LogP) is 1.87. The summed E-state index contributed by atoms with van der Waals surface area (Å²) in [5.41, 5.74) is 3.33. The minimum atomic E-state index is -0.490. The molecule has 1 rings (SSSR count). The van der Waals surface area contributed by atoms with E-state index in [2.05, 4.69) is 5.32 Å². The molecular formula is C14H19NO3. The van der Waals surface area contributed by atoms with E-state index in [1.807, 2.05) is 32.0 Å². The number of rotatable bonds is 5. The van der Waals surface area contributed by atoms with Gasteiger partial charge in [0.15, 0.2) is 0 Å². The van der Waals surface area contributed by atoms with Crippen molar-refractivity contribution in [2.24, 2.45) is 0 Å². The number of carbonyl (C=O) groups is 2. The number of aryl methyl sites for hydroxylation is 2. The Morgan fingerprint density at radius 3 is 2.67 bits per heavy atom. The van der Waals surface area contributed by atoms with Gasteiger partial charge in [0.1, 0.15) is 6.42 Å².